The number of nitrogens with one attached hydrogen (secondary N) is 1. The summed E-state index contributed by atoms with van der Waals surface area (Å²) in [6.07, 6.45) is 3.41. The first kappa shape index (κ1) is 18.1. The summed E-state index contributed by atoms with van der Waals surface area (Å²) in [6, 6.07) is 9.41. The number of aromatic nitrogens is 4. The molecule has 0 spiro atoms. The summed E-state index contributed by atoms with van der Waals surface area (Å²) in [5.74, 6) is 0.214. The van der Waals surface area contributed by atoms with Crippen molar-refractivity contribution in [3.05, 3.63) is 54.6 Å². The lowest BCUT2D eigenvalue weighted by molar-refractivity contribution is -0.115. The molecule has 0 saturated heterocycles. The van der Waals surface area contributed by atoms with E-state index in [0.717, 1.165) is 11.4 Å². The number of rotatable bonds is 6. The van der Waals surface area contributed by atoms with Crippen molar-refractivity contribution in [1.82, 2.24) is 19.7 Å². The van der Waals surface area contributed by atoms with E-state index < -0.39 is 0 Å². The fourth-order valence-corrected chi connectivity index (χ4v) is 3.28. The zero-order valence-corrected chi connectivity index (χ0v) is 15.2. The molecule has 0 aliphatic rings. The quantitative estimate of drug-likeness (QED) is 0.670. The fraction of sp³-hybridized carbons (Fsp3) is 0.222. The van der Waals surface area contributed by atoms with Gasteiger partial charge in [0.1, 0.15) is 5.82 Å². The van der Waals surface area contributed by atoms with Crippen LogP contribution in [0, 0.1) is 5.82 Å². The Bertz CT molecular complexity index is 882. The molecule has 26 heavy (non-hydrogen) atoms. The molecular weight excluding hydrogens is 353 g/mol. The molecule has 134 valence electrons. The van der Waals surface area contributed by atoms with Crippen LogP contribution in [0.3, 0.4) is 0 Å². The standard InChI is InChI=1S/C18H18FN5OS/c1-3-24-16(13-8-10-20-11-9-13)22-23-18(24)26-12(2)17(25)21-15-6-4-14(19)5-7-15/h4-12H,3H2,1-2H3,(H,21,25)/t12-/m1/s1. The van der Waals surface area contributed by atoms with Gasteiger partial charge in [0.2, 0.25) is 5.91 Å². The Hall–Kier alpha value is -2.74. The molecule has 0 aliphatic heterocycles. The lowest BCUT2D eigenvalue weighted by Crippen LogP contribution is -2.23. The van der Waals surface area contributed by atoms with Gasteiger partial charge in [0.25, 0.3) is 0 Å². The highest BCUT2D eigenvalue weighted by atomic mass is 32.2. The number of carbonyl (C=O) groups excluding carboxylic acids is 1. The molecule has 0 saturated carbocycles. The van der Waals surface area contributed by atoms with Crippen molar-refractivity contribution in [3.8, 4) is 11.4 Å². The molecule has 1 atom stereocenters. The van der Waals surface area contributed by atoms with Gasteiger partial charge in [-0.25, -0.2) is 4.39 Å². The SMILES string of the molecule is CCn1c(S[C@H](C)C(=O)Nc2ccc(F)cc2)nnc1-c1ccncc1. The van der Waals surface area contributed by atoms with Crippen LogP contribution >= 0.6 is 11.8 Å². The molecular formula is C18H18FN5OS. The molecule has 0 radical (unpaired) electrons. The molecule has 3 aromatic rings. The van der Waals surface area contributed by atoms with Crippen LogP contribution in [0.15, 0.2) is 53.9 Å². The first-order valence-electron chi connectivity index (χ1n) is 8.15. The van der Waals surface area contributed by atoms with Crippen molar-refractivity contribution < 1.29 is 9.18 Å². The highest BCUT2D eigenvalue weighted by Gasteiger charge is 2.20. The molecule has 1 N–H and O–H groups in total. The van der Waals surface area contributed by atoms with Crippen LogP contribution in [0.25, 0.3) is 11.4 Å². The molecule has 2 aromatic heterocycles. The molecule has 0 aliphatic carbocycles. The molecule has 0 bridgehead atoms. The van der Waals surface area contributed by atoms with Crippen molar-refractivity contribution in [3.63, 3.8) is 0 Å². The minimum Gasteiger partial charge on any atom is -0.325 e. The van der Waals surface area contributed by atoms with E-state index in [0.29, 0.717) is 17.4 Å². The molecule has 8 heteroatoms. The second-order valence-electron chi connectivity index (χ2n) is 5.54. The van der Waals surface area contributed by atoms with E-state index in [-0.39, 0.29) is 17.0 Å². The lowest BCUT2D eigenvalue weighted by atomic mass is 10.2. The molecule has 0 fully saturated rings. The summed E-state index contributed by atoms with van der Waals surface area (Å²) in [7, 11) is 0. The van der Waals surface area contributed by atoms with Crippen LogP contribution in [0.4, 0.5) is 10.1 Å². The van der Waals surface area contributed by atoms with Gasteiger partial charge in [0.15, 0.2) is 11.0 Å². The fourth-order valence-electron chi connectivity index (χ4n) is 2.36. The van der Waals surface area contributed by atoms with E-state index in [1.807, 2.05) is 23.6 Å². The number of hydrogen-bond donors (Lipinski definition) is 1. The average Bonchev–Trinajstić information content (AvgIpc) is 3.06. The van der Waals surface area contributed by atoms with Crippen LogP contribution in [0.5, 0.6) is 0 Å². The molecule has 1 aromatic carbocycles. The predicted octanol–water partition coefficient (Wildman–Crippen LogP) is 3.62. The third-order valence-electron chi connectivity index (χ3n) is 3.73. The minimum atomic E-state index is -0.389. The van der Waals surface area contributed by atoms with Gasteiger partial charge in [0.05, 0.1) is 5.25 Å². The van der Waals surface area contributed by atoms with Gasteiger partial charge in [-0.1, -0.05) is 11.8 Å². The van der Waals surface area contributed by atoms with E-state index in [1.165, 1.54) is 36.0 Å². The maximum absolute atomic E-state index is 13.0. The summed E-state index contributed by atoms with van der Waals surface area (Å²) < 4.78 is 14.9. The third kappa shape index (κ3) is 4.08. The van der Waals surface area contributed by atoms with E-state index in [2.05, 4.69) is 20.5 Å². The normalized spacial score (nSPS) is 12.0. The van der Waals surface area contributed by atoms with E-state index >= 15 is 0 Å². The van der Waals surface area contributed by atoms with Crippen molar-refractivity contribution in [1.29, 1.82) is 0 Å². The summed E-state index contributed by atoms with van der Waals surface area (Å²) in [5, 5.41) is 11.5. The molecule has 1 amide bonds. The van der Waals surface area contributed by atoms with Crippen LogP contribution in [0.1, 0.15) is 13.8 Å². The van der Waals surface area contributed by atoms with Gasteiger partial charge in [-0.05, 0) is 50.2 Å². The number of amides is 1. The monoisotopic (exact) mass is 371 g/mol. The van der Waals surface area contributed by atoms with Crippen LogP contribution < -0.4 is 5.32 Å². The maximum Gasteiger partial charge on any atom is 0.237 e. The zero-order chi connectivity index (χ0) is 18.5. The van der Waals surface area contributed by atoms with Crippen LogP contribution in [-0.2, 0) is 11.3 Å². The van der Waals surface area contributed by atoms with Crippen LogP contribution in [0.2, 0.25) is 0 Å². The van der Waals surface area contributed by atoms with Gasteiger partial charge in [-0.3, -0.25) is 9.78 Å². The van der Waals surface area contributed by atoms with Crippen molar-refractivity contribution in [2.75, 3.05) is 5.32 Å². The number of hydrogen-bond acceptors (Lipinski definition) is 5. The van der Waals surface area contributed by atoms with E-state index in [9.17, 15) is 9.18 Å². The van der Waals surface area contributed by atoms with Crippen molar-refractivity contribution >= 4 is 23.4 Å². The molecule has 6 nitrogen and oxygen atoms in total. The smallest absolute Gasteiger partial charge is 0.237 e. The number of nitrogens with zero attached hydrogens (tertiary/aromatic N) is 4. The number of carbonyl (C=O) groups is 1. The Kier molecular flexibility index (Phi) is 5.62. The Labute approximate surface area is 154 Å². The Morgan fingerprint density at radius 2 is 1.88 bits per heavy atom. The van der Waals surface area contributed by atoms with Gasteiger partial charge in [-0.15, -0.1) is 10.2 Å². The van der Waals surface area contributed by atoms with Gasteiger partial charge in [0, 0.05) is 30.2 Å². The average molecular weight is 371 g/mol. The van der Waals surface area contributed by atoms with Gasteiger partial charge >= 0.3 is 0 Å². The first-order valence-corrected chi connectivity index (χ1v) is 9.03. The highest BCUT2D eigenvalue weighted by Crippen LogP contribution is 2.27. The summed E-state index contributed by atoms with van der Waals surface area (Å²) in [5.41, 5.74) is 1.47. The Morgan fingerprint density at radius 1 is 1.19 bits per heavy atom. The lowest BCUT2D eigenvalue weighted by Gasteiger charge is -2.12. The van der Waals surface area contributed by atoms with Gasteiger partial charge < -0.3 is 9.88 Å². The van der Waals surface area contributed by atoms with E-state index in [4.69, 9.17) is 0 Å². The largest absolute Gasteiger partial charge is 0.325 e. The Balaban J connectivity index is 1.73. The Morgan fingerprint density at radius 3 is 2.54 bits per heavy atom. The minimum absolute atomic E-state index is 0.183. The molecule has 2 heterocycles. The van der Waals surface area contributed by atoms with Crippen molar-refractivity contribution in [2.24, 2.45) is 0 Å². The number of anilines is 1. The number of pyridine rings is 1. The topological polar surface area (TPSA) is 72.7 Å². The first-order chi connectivity index (χ1) is 12.6. The van der Waals surface area contributed by atoms with E-state index in [1.54, 1.807) is 19.3 Å². The summed E-state index contributed by atoms with van der Waals surface area (Å²) in [6.45, 7) is 4.48. The second-order valence-corrected chi connectivity index (χ2v) is 6.85. The summed E-state index contributed by atoms with van der Waals surface area (Å²) in [4.78, 5) is 16.4. The molecule has 3 rings (SSSR count). The number of benzene rings is 1. The molecule has 0 unspecified atom stereocenters. The van der Waals surface area contributed by atoms with Crippen LogP contribution in [-0.4, -0.2) is 30.9 Å². The third-order valence-corrected chi connectivity index (χ3v) is 4.82. The predicted molar refractivity (Wildman–Crippen MR) is 99.3 cm³/mol. The van der Waals surface area contributed by atoms with Crippen molar-refractivity contribution in [2.45, 2.75) is 30.8 Å². The number of thioether (sulfide) groups is 1. The zero-order valence-electron chi connectivity index (χ0n) is 14.4. The maximum atomic E-state index is 13.0. The second kappa shape index (κ2) is 8.09. The number of halogens is 1. The van der Waals surface area contributed by atoms with Gasteiger partial charge in [-0.2, -0.15) is 0 Å². The highest BCUT2D eigenvalue weighted by molar-refractivity contribution is 8.00. The summed E-state index contributed by atoms with van der Waals surface area (Å²) >= 11 is 1.33.